The molecule has 0 radical (unpaired) electrons. The van der Waals surface area contributed by atoms with Crippen molar-refractivity contribution in [3.8, 4) is 16.9 Å². The second kappa shape index (κ2) is 11.1. The summed E-state index contributed by atoms with van der Waals surface area (Å²) in [6.45, 7) is 4.02. The second-order valence-electron chi connectivity index (χ2n) is 9.07. The maximum Gasteiger partial charge on any atom is 0.201 e. The van der Waals surface area contributed by atoms with Gasteiger partial charge in [-0.1, -0.05) is 55.5 Å². The van der Waals surface area contributed by atoms with Crippen LogP contribution >= 0.6 is 0 Å². The van der Waals surface area contributed by atoms with Gasteiger partial charge in [-0.05, 0) is 79.7 Å². The molecule has 1 saturated carbocycles. The lowest BCUT2D eigenvalue weighted by molar-refractivity contribution is 0.314. The van der Waals surface area contributed by atoms with Gasteiger partial charge in [0.1, 0.15) is 0 Å². The molecular weight excluding hydrogens is 452 g/mol. The number of aryl methyl sites for hydroxylation is 1. The summed E-state index contributed by atoms with van der Waals surface area (Å²) in [5, 5.41) is 0. The van der Waals surface area contributed by atoms with Crippen LogP contribution in [0.3, 0.4) is 0 Å². The van der Waals surface area contributed by atoms with Crippen molar-refractivity contribution in [1.29, 1.82) is 0 Å². The van der Waals surface area contributed by atoms with E-state index in [9.17, 15) is 13.2 Å². The highest BCUT2D eigenvalue weighted by atomic mass is 19.2. The van der Waals surface area contributed by atoms with Crippen LogP contribution in [-0.2, 0) is 6.42 Å². The Morgan fingerprint density at radius 3 is 2.14 bits per heavy atom. The molecule has 0 aromatic heterocycles. The van der Waals surface area contributed by atoms with Gasteiger partial charge in [-0.25, -0.2) is 13.2 Å². The van der Waals surface area contributed by atoms with Crippen LogP contribution < -0.4 is 4.74 Å². The molecular formula is C30H30F4O. The lowest BCUT2D eigenvalue weighted by atomic mass is 9.78. The molecule has 4 rings (SSSR count). The van der Waals surface area contributed by atoms with E-state index in [4.69, 9.17) is 4.74 Å². The van der Waals surface area contributed by atoms with Crippen molar-refractivity contribution in [2.24, 2.45) is 5.92 Å². The Kier molecular flexibility index (Phi) is 7.94. The molecule has 5 heteroatoms. The topological polar surface area (TPSA) is 9.23 Å². The van der Waals surface area contributed by atoms with Crippen LogP contribution in [0.4, 0.5) is 17.6 Å². The quantitative estimate of drug-likeness (QED) is 0.306. The maximum absolute atomic E-state index is 15.0. The summed E-state index contributed by atoms with van der Waals surface area (Å²) in [6, 6.07) is 13.8. The van der Waals surface area contributed by atoms with E-state index in [1.165, 1.54) is 12.1 Å². The van der Waals surface area contributed by atoms with Crippen molar-refractivity contribution < 1.29 is 22.3 Å². The molecule has 0 heterocycles. The Labute approximate surface area is 204 Å². The molecule has 0 saturated heterocycles. The summed E-state index contributed by atoms with van der Waals surface area (Å²) >= 11 is 0. The fourth-order valence-corrected chi connectivity index (χ4v) is 4.83. The minimum atomic E-state index is -0.986. The lowest BCUT2D eigenvalue weighted by Crippen LogP contribution is -2.13. The molecule has 0 amide bonds. The van der Waals surface area contributed by atoms with Gasteiger partial charge in [0.15, 0.2) is 23.2 Å². The molecule has 0 unspecified atom stereocenters. The predicted octanol–water partition coefficient (Wildman–Crippen LogP) is 8.86. The second-order valence-corrected chi connectivity index (χ2v) is 9.07. The summed E-state index contributed by atoms with van der Waals surface area (Å²) in [5.41, 5.74) is 2.67. The van der Waals surface area contributed by atoms with Crippen molar-refractivity contribution in [1.82, 2.24) is 0 Å². The van der Waals surface area contributed by atoms with Gasteiger partial charge < -0.3 is 4.74 Å². The number of ether oxygens (including phenoxy) is 1. The van der Waals surface area contributed by atoms with Crippen LogP contribution in [0.2, 0.25) is 0 Å². The number of benzene rings is 3. The van der Waals surface area contributed by atoms with Crippen molar-refractivity contribution in [3.63, 3.8) is 0 Å². The Bertz CT molecular complexity index is 1190. The fraction of sp³-hybridized carbons (Fsp3) is 0.333. The largest absolute Gasteiger partial charge is 0.491 e. The Morgan fingerprint density at radius 2 is 1.49 bits per heavy atom. The first-order valence-electron chi connectivity index (χ1n) is 12.3. The van der Waals surface area contributed by atoms with Gasteiger partial charge in [0, 0.05) is 11.1 Å². The molecule has 0 atom stereocenters. The summed E-state index contributed by atoms with van der Waals surface area (Å²) in [5.74, 6) is -3.48. The summed E-state index contributed by atoms with van der Waals surface area (Å²) in [7, 11) is 0. The molecule has 1 nitrogen and oxygen atoms in total. The zero-order valence-corrected chi connectivity index (χ0v) is 20.1. The van der Waals surface area contributed by atoms with Gasteiger partial charge in [0.25, 0.3) is 0 Å². The first kappa shape index (κ1) is 25.0. The highest BCUT2D eigenvalue weighted by Gasteiger charge is 2.26. The minimum Gasteiger partial charge on any atom is -0.491 e. The molecule has 0 spiro atoms. The van der Waals surface area contributed by atoms with Crippen LogP contribution in [0, 0.1) is 29.2 Å². The minimum absolute atomic E-state index is 0.0645. The van der Waals surface area contributed by atoms with E-state index in [1.54, 1.807) is 25.1 Å². The van der Waals surface area contributed by atoms with E-state index >= 15 is 4.39 Å². The van der Waals surface area contributed by atoms with Crippen molar-refractivity contribution in [2.75, 3.05) is 6.61 Å². The number of allylic oxidation sites excluding steroid dienone is 1. The van der Waals surface area contributed by atoms with Crippen LogP contribution in [0.15, 0.2) is 54.6 Å². The molecule has 184 valence electrons. The van der Waals surface area contributed by atoms with Crippen molar-refractivity contribution in [3.05, 3.63) is 94.6 Å². The zero-order valence-electron chi connectivity index (χ0n) is 20.1. The number of halogens is 4. The average molecular weight is 483 g/mol. The van der Waals surface area contributed by atoms with Gasteiger partial charge in [-0.15, -0.1) is 0 Å². The summed E-state index contributed by atoms with van der Waals surface area (Å²) < 4.78 is 63.5. The Morgan fingerprint density at radius 1 is 0.771 bits per heavy atom. The third-order valence-corrected chi connectivity index (χ3v) is 6.92. The van der Waals surface area contributed by atoms with Crippen LogP contribution in [0.5, 0.6) is 5.75 Å². The Balaban J connectivity index is 1.42. The lowest BCUT2D eigenvalue weighted by Gasteiger charge is -2.27. The van der Waals surface area contributed by atoms with E-state index in [0.717, 1.165) is 24.8 Å². The molecule has 0 aliphatic heterocycles. The van der Waals surface area contributed by atoms with E-state index in [-0.39, 0.29) is 35.3 Å². The van der Waals surface area contributed by atoms with Gasteiger partial charge >= 0.3 is 0 Å². The number of hydrogen-bond acceptors (Lipinski definition) is 1. The molecule has 0 N–H and O–H groups in total. The smallest absolute Gasteiger partial charge is 0.201 e. The summed E-state index contributed by atoms with van der Waals surface area (Å²) in [4.78, 5) is 0. The maximum atomic E-state index is 15.0. The standard InChI is InChI=1S/C30H30F4O/c1-3-19-5-10-21(11-6-19)24-16-17-25(29(33)28(24)32)22-12-7-20(8-13-22)9-14-23-15-18-26(35-4-2)30(34)27(23)31/h5-6,9-11,14-18,20,22H,3-4,7-8,12-13H2,1-2H3. The SMILES string of the molecule is CCOc1ccc(C=CC2CCC(c3ccc(-c4ccc(CC)cc4)c(F)c3F)CC2)c(F)c1F. The van der Waals surface area contributed by atoms with E-state index < -0.39 is 23.3 Å². The van der Waals surface area contributed by atoms with E-state index in [1.807, 2.05) is 37.3 Å². The van der Waals surface area contributed by atoms with Gasteiger partial charge in [-0.2, -0.15) is 4.39 Å². The summed E-state index contributed by atoms with van der Waals surface area (Å²) in [6.07, 6.45) is 7.31. The Hall–Kier alpha value is -3.08. The molecule has 3 aromatic rings. The van der Waals surface area contributed by atoms with Crippen molar-refractivity contribution in [2.45, 2.75) is 51.9 Å². The van der Waals surface area contributed by atoms with Crippen LogP contribution in [0.1, 0.15) is 62.1 Å². The number of rotatable bonds is 7. The van der Waals surface area contributed by atoms with E-state index in [2.05, 4.69) is 0 Å². The highest BCUT2D eigenvalue weighted by molar-refractivity contribution is 5.65. The van der Waals surface area contributed by atoms with Gasteiger partial charge in [0.2, 0.25) is 5.82 Å². The van der Waals surface area contributed by atoms with Crippen LogP contribution in [0.25, 0.3) is 17.2 Å². The molecule has 35 heavy (non-hydrogen) atoms. The molecule has 1 aliphatic carbocycles. The molecule has 1 fully saturated rings. The third kappa shape index (κ3) is 5.44. The fourth-order valence-electron chi connectivity index (χ4n) is 4.83. The van der Waals surface area contributed by atoms with Gasteiger partial charge in [-0.3, -0.25) is 0 Å². The van der Waals surface area contributed by atoms with E-state index in [0.29, 0.717) is 24.0 Å². The predicted molar refractivity (Wildman–Crippen MR) is 132 cm³/mol. The average Bonchev–Trinajstić information content (AvgIpc) is 2.88. The molecule has 3 aromatic carbocycles. The molecule has 0 bridgehead atoms. The first-order valence-corrected chi connectivity index (χ1v) is 12.3. The first-order chi connectivity index (χ1) is 16.9. The number of hydrogen-bond donors (Lipinski definition) is 0. The van der Waals surface area contributed by atoms with Crippen LogP contribution in [-0.4, -0.2) is 6.61 Å². The third-order valence-electron chi connectivity index (χ3n) is 6.92. The zero-order chi connectivity index (χ0) is 24.9. The molecule has 1 aliphatic rings. The normalized spacial score (nSPS) is 18.2. The highest BCUT2D eigenvalue weighted by Crippen LogP contribution is 2.39. The van der Waals surface area contributed by atoms with Gasteiger partial charge in [0.05, 0.1) is 6.61 Å². The monoisotopic (exact) mass is 482 g/mol. The van der Waals surface area contributed by atoms with Crippen molar-refractivity contribution >= 4 is 6.08 Å².